The van der Waals surface area contributed by atoms with Gasteiger partial charge >= 0.3 is 0 Å². The summed E-state index contributed by atoms with van der Waals surface area (Å²) >= 11 is 0. The Morgan fingerprint density at radius 1 is 1.06 bits per heavy atom. The molecule has 1 saturated heterocycles. The molecule has 5 aromatic rings. The number of hydrogen-bond acceptors (Lipinski definition) is 7. The lowest BCUT2D eigenvalue weighted by molar-refractivity contribution is 0.238. The maximum atomic E-state index is 5.93. The van der Waals surface area contributed by atoms with E-state index in [4.69, 9.17) is 19.3 Å². The molecule has 0 saturated carbocycles. The van der Waals surface area contributed by atoms with Gasteiger partial charge in [-0.05, 0) is 62.7 Å². The molecule has 184 valence electrons. The number of hydrogen-bond donors (Lipinski definition) is 0. The van der Waals surface area contributed by atoms with Gasteiger partial charge in [-0.1, -0.05) is 23.4 Å². The first-order valence-corrected chi connectivity index (χ1v) is 12.4. The monoisotopic (exact) mass is 483 g/mol. The molecule has 0 N–H and O–H groups in total. The third-order valence-electron chi connectivity index (χ3n) is 6.49. The smallest absolute Gasteiger partial charge is 0.156 e. The van der Waals surface area contributed by atoms with Crippen LogP contribution in [0.15, 0.2) is 65.4 Å². The Hall–Kier alpha value is -3.98. The fourth-order valence-corrected chi connectivity index (χ4v) is 4.67. The Kier molecular flexibility index (Phi) is 6.21. The van der Waals surface area contributed by atoms with Crippen molar-refractivity contribution in [3.63, 3.8) is 0 Å². The normalized spacial score (nSPS) is 14.1. The average molecular weight is 484 g/mol. The van der Waals surface area contributed by atoms with Crippen molar-refractivity contribution in [1.82, 2.24) is 34.4 Å². The molecule has 1 aliphatic rings. The van der Waals surface area contributed by atoms with E-state index in [1.165, 1.54) is 25.9 Å². The number of pyridine rings is 1. The molecule has 6 rings (SSSR count). The summed E-state index contributed by atoms with van der Waals surface area (Å²) in [5.41, 5.74) is 4.70. The summed E-state index contributed by atoms with van der Waals surface area (Å²) in [6, 6.07) is 16.2. The highest BCUT2D eigenvalue weighted by atomic mass is 16.5. The first-order valence-electron chi connectivity index (χ1n) is 12.4. The zero-order chi connectivity index (χ0) is 24.3. The summed E-state index contributed by atoms with van der Waals surface area (Å²) in [5, 5.41) is 13.3. The van der Waals surface area contributed by atoms with Crippen LogP contribution >= 0.6 is 0 Å². The molecule has 0 radical (unpaired) electrons. The lowest BCUT2D eigenvalue weighted by atomic mass is 10.1. The molecular weight excluding hydrogens is 454 g/mol. The van der Waals surface area contributed by atoms with E-state index in [1.54, 1.807) is 0 Å². The zero-order valence-electron chi connectivity index (χ0n) is 20.4. The van der Waals surface area contributed by atoms with Crippen LogP contribution in [0.2, 0.25) is 0 Å². The van der Waals surface area contributed by atoms with E-state index in [1.807, 2.05) is 64.9 Å². The van der Waals surface area contributed by atoms with Gasteiger partial charge in [-0.25, -0.2) is 9.50 Å². The van der Waals surface area contributed by atoms with E-state index in [2.05, 4.69) is 27.3 Å². The SMILES string of the molecule is Cc1cc(Cn2cc(-c3cccc4nc(Cc5ccc(OCCN6CCCC6)cc5)nn34)cn2)no1. The van der Waals surface area contributed by atoms with Crippen molar-refractivity contribution in [3.05, 3.63) is 83.8 Å². The van der Waals surface area contributed by atoms with Crippen LogP contribution in [-0.4, -0.2) is 60.7 Å². The molecule has 0 spiro atoms. The molecular formula is C27H29N7O2. The summed E-state index contributed by atoms with van der Waals surface area (Å²) in [4.78, 5) is 7.21. The maximum Gasteiger partial charge on any atom is 0.156 e. The molecule has 9 nitrogen and oxygen atoms in total. The number of benzene rings is 1. The molecule has 1 aliphatic heterocycles. The van der Waals surface area contributed by atoms with Crippen LogP contribution < -0.4 is 4.74 Å². The second kappa shape index (κ2) is 9.94. The number of aromatic nitrogens is 6. The van der Waals surface area contributed by atoms with Crippen LogP contribution in [0, 0.1) is 6.92 Å². The fraction of sp³-hybridized carbons (Fsp3) is 0.333. The quantitative estimate of drug-likeness (QED) is 0.313. The Morgan fingerprint density at radius 2 is 1.92 bits per heavy atom. The topological polar surface area (TPSA) is 86.5 Å². The summed E-state index contributed by atoms with van der Waals surface area (Å²) in [6.45, 7) is 6.54. The maximum absolute atomic E-state index is 5.93. The van der Waals surface area contributed by atoms with Gasteiger partial charge in [-0.15, -0.1) is 0 Å². The minimum atomic E-state index is 0.549. The highest BCUT2D eigenvalue weighted by molar-refractivity contribution is 5.61. The number of rotatable bonds is 9. The third kappa shape index (κ3) is 5.01. The lowest BCUT2D eigenvalue weighted by Gasteiger charge is -2.14. The molecule has 0 bridgehead atoms. The van der Waals surface area contributed by atoms with Crippen LogP contribution in [0.3, 0.4) is 0 Å². The number of nitrogens with zero attached hydrogens (tertiary/aromatic N) is 7. The molecule has 5 heterocycles. The van der Waals surface area contributed by atoms with E-state index in [0.29, 0.717) is 13.0 Å². The summed E-state index contributed by atoms with van der Waals surface area (Å²) in [5.74, 6) is 2.47. The molecule has 0 unspecified atom stereocenters. The van der Waals surface area contributed by atoms with Gasteiger partial charge < -0.3 is 9.26 Å². The Bertz CT molecular complexity index is 1440. The van der Waals surface area contributed by atoms with E-state index in [-0.39, 0.29) is 0 Å². The molecule has 1 aromatic carbocycles. The van der Waals surface area contributed by atoms with Gasteiger partial charge in [0.15, 0.2) is 11.5 Å². The molecule has 0 amide bonds. The Labute approximate surface area is 209 Å². The Morgan fingerprint density at radius 3 is 2.72 bits per heavy atom. The Balaban J connectivity index is 1.13. The number of fused-ring (bicyclic) bond motifs is 1. The van der Waals surface area contributed by atoms with Crippen molar-refractivity contribution in [2.45, 2.75) is 32.7 Å². The highest BCUT2D eigenvalue weighted by Crippen LogP contribution is 2.21. The molecule has 9 heteroatoms. The standard InChI is InChI=1S/C27H29N7O2/c1-20-15-23(31-36-20)19-33-18-22(17-28-33)25-5-4-6-27-29-26(30-34(25)27)16-21-7-9-24(10-8-21)35-14-13-32-11-2-3-12-32/h4-10,15,17-18H,2-3,11-14,16,19H2,1H3. The predicted octanol–water partition coefficient (Wildman–Crippen LogP) is 4.00. The van der Waals surface area contributed by atoms with E-state index < -0.39 is 0 Å². The van der Waals surface area contributed by atoms with Gasteiger partial charge in [-0.3, -0.25) is 9.58 Å². The van der Waals surface area contributed by atoms with Crippen molar-refractivity contribution in [2.24, 2.45) is 0 Å². The molecule has 0 aliphatic carbocycles. The van der Waals surface area contributed by atoms with E-state index >= 15 is 0 Å². The van der Waals surface area contributed by atoms with Crippen LogP contribution in [0.25, 0.3) is 16.9 Å². The van der Waals surface area contributed by atoms with Crippen LogP contribution in [0.1, 0.15) is 35.7 Å². The summed E-state index contributed by atoms with van der Waals surface area (Å²) in [6.07, 6.45) is 7.09. The van der Waals surface area contributed by atoms with Crippen molar-refractivity contribution in [1.29, 1.82) is 0 Å². The van der Waals surface area contributed by atoms with E-state index in [0.717, 1.165) is 58.6 Å². The minimum Gasteiger partial charge on any atom is -0.492 e. The van der Waals surface area contributed by atoms with Gasteiger partial charge in [0.25, 0.3) is 0 Å². The molecule has 1 fully saturated rings. The lowest BCUT2D eigenvalue weighted by Crippen LogP contribution is -2.25. The van der Waals surface area contributed by atoms with Crippen molar-refractivity contribution in [2.75, 3.05) is 26.2 Å². The first-order chi connectivity index (χ1) is 17.7. The van der Waals surface area contributed by atoms with Crippen molar-refractivity contribution >= 4 is 5.65 Å². The second-order valence-corrected chi connectivity index (χ2v) is 9.28. The summed E-state index contributed by atoms with van der Waals surface area (Å²) < 4.78 is 14.8. The second-order valence-electron chi connectivity index (χ2n) is 9.28. The minimum absolute atomic E-state index is 0.549. The predicted molar refractivity (Wildman–Crippen MR) is 135 cm³/mol. The van der Waals surface area contributed by atoms with Crippen LogP contribution in [0.5, 0.6) is 5.75 Å². The van der Waals surface area contributed by atoms with Crippen LogP contribution in [-0.2, 0) is 13.0 Å². The first kappa shape index (κ1) is 22.5. The van der Waals surface area contributed by atoms with Gasteiger partial charge in [0, 0.05) is 30.8 Å². The van der Waals surface area contributed by atoms with Gasteiger partial charge in [0.2, 0.25) is 0 Å². The zero-order valence-corrected chi connectivity index (χ0v) is 20.4. The third-order valence-corrected chi connectivity index (χ3v) is 6.49. The fourth-order valence-electron chi connectivity index (χ4n) is 4.67. The van der Waals surface area contributed by atoms with E-state index in [9.17, 15) is 0 Å². The van der Waals surface area contributed by atoms with Crippen LogP contribution in [0.4, 0.5) is 0 Å². The largest absolute Gasteiger partial charge is 0.492 e. The van der Waals surface area contributed by atoms with Gasteiger partial charge in [-0.2, -0.15) is 10.2 Å². The number of aryl methyl sites for hydroxylation is 1. The van der Waals surface area contributed by atoms with Gasteiger partial charge in [0.05, 0.1) is 18.4 Å². The molecule has 4 aromatic heterocycles. The number of likely N-dealkylation sites (tertiary alicyclic amines) is 1. The van der Waals surface area contributed by atoms with Crippen molar-refractivity contribution < 1.29 is 9.26 Å². The van der Waals surface area contributed by atoms with Gasteiger partial charge in [0.1, 0.15) is 23.8 Å². The average Bonchev–Trinajstić information content (AvgIpc) is 3.68. The molecule has 0 atom stereocenters. The highest BCUT2D eigenvalue weighted by Gasteiger charge is 2.13. The number of ether oxygens (including phenoxy) is 1. The molecule has 36 heavy (non-hydrogen) atoms. The van der Waals surface area contributed by atoms with Crippen molar-refractivity contribution in [3.8, 4) is 17.0 Å². The summed E-state index contributed by atoms with van der Waals surface area (Å²) in [7, 11) is 0.